The second-order valence-corrected chi connectivity index (χ2v) is 8.99. The summed E-state index contributed by atoms with van der Waals surface area (Å²) in [5, 5.41) is 13.9. The molecule has 2 aliphatic carbocycles. The standard InChI is InChI=1S/C26H27NO4/c1-25(2)20-15-17(30-14-13-27-26(16-28)11-5-6-12-26)9-10-18(20)23(29)22-19-7-3-4-8-21(19)31-24(22)25/h3-5,7-11,15,27-28H,6,12-14,16H2,1-2H3. The molecule has 2 aromatic carbocycles. The van der Waals surface area contributed by atoms with Crippen molar-refractivity contribution in [2.24, 2.45) is 0 Å². The zero-order chi connectivity index (χ0) is 21.6. The molecule has 2 N–H and O–H groups in total. The summed E-state index contributed by atoms with van der Waals surface area (Å²) in [7, 11) is 0. The lowest BCUT2D eigenvalue weighted by atomic mass is 9.72. The second kappa shape index (κ2) is 7.36. The number of nitrogens with one attached hydrogen (secondary N) is 1. The Bertz CT molecular complexity index is 1190. The molecule has 1 unspecified atom stereocenters. The van der Waals surface area contributed by atoms with E-state index in [9.17, 15) is 9.90 Å². The SMILES string of the molecule is CC1(C)c2cc(OCCNC3(CO)C=CCC3)ccc2C(=O)c2c1oc1ccccc21. The predicted octanol–water partition coefficient (Wildman–Crippen LogP) is 4.35. The van der Waals surface area contributed by atoms with E-state index in [2.05, 4.69) is 25.2 Å². The first kappa shape index (κ1) is 20.0. The quantitative estimate of drug-likeness (QED) is 0.461. The van der Waals surface area contributed by atoms with Crippen LogP contribution >= 0.6 is 0 Å². The van der Waals surface area contributed by atoms with Gasteiger partial charge in [-0.1, -0.05) is 30.4 Å². The number of furan rings is 1. The van der Waals surface area contributed by atoms with E-state index < -0.39 is 5.41 Å². The van der Waals surface area contributed by atoms with Gasteiger partial charge in [-0.3, -0.25) is 4.79 Å². The first-order valence-electron chi connectivity index (χ1n) is 10.8. The predicted molar refractivity (Wildman–Crippen MR) is 120 cm³/mol. The van der Waals surface area contributed by atoms with Crippen LogP contribution < -0.4 is 10.1 Å². The van der Waals surface area contributed by atoms with Crippen molar-refractivity contribution in [3.63, 3.8) is 0 Å². The van der Waals surface area contributed by atoms with Crippen molar-refractivity contribution >= 4 is 16.8 Å². The summed E-state index contributed by atoms with van der Waals surface area (Å²) in [4.78, 5) is 13.3. The lowest BCUT2D eigenvalue weighted by molar-refractivity contribution is 0.102. The molecular formula is C26H27NO4. The number of ether oxygens (including phenoxy) is 1. The molecule has 5 nitrogen and oxygen atoms in total. The van der Waals surface area contributed by atoms with Crippen LogP contribution in [0.1, 0.15) is 53.9 Å². The summed E-state index contributed by atoms with van der Waals surface area (Å²) in [5.74, 6) is 1.43. The van der Waals surface area contributed by atoms with Crippen molar-refractivity contribution in [1.29, 1.82) is 0 Å². The van der Waals surface area contributed by atoms with E-state index in [4.69, 9.17) is 9.15 Å². The van der Waals surface area contributed by atoms with Crippen molar-refractivity contribution in [2.75, 3.05) is 19.8 Å². The molecule has 1 aromatic heterocycles. The Balaban J connectivity index is 1.38. The fraction of sp³-hybridized carbons (Fsp3) is 0.346. The summed E-state index contributed by atoms with van der Waals surface area (Å²) in [6, 6.07) is 13.4. The molecule has 2 aliphatic rings. The van der Waals surface area contributed by atoms with E-state index in [0.29, 0.717) is 30.0 Å². The van der Waals surface area contributed by atoms with E-state index in [-0.39, 0.29) is 17.9 Å². The number of hydrogen-bond acceptors (Lipinski definition) is 5. The highest BCUT2D eigenvalue weighted by molar-refractivity contribution is 6.19. The largest absolute Gasteiger partial charge is 0.492 e. The molecule has 1 atom stereocenters. The molecule has 0 fully saturated rings. The highest BCUT2D eigenvalue weighted by atomic mass is 16.5. The molecule has 0 saturated heterocycles. The minimum Gasteiger partial charge on any atom is -0.492 e. The summed E-state index contributed by atoms with van der Waals surface area (Å²) < 4.78 is 12.1. The van der Waals surface area contributed by atoms with Crippen LogP contribution in [-0.2, 0) is 5.41 Å². The maximum atomic E-state index is 13.3. The lowest BCUT2D eigenvalue weighted by Crippen LogP contribution is -2.46. The number of benzene rings is 2. The van der Waals surface area contributed by atoms with Gasteiger partial charge < -0.3 is 19.6 Å². The van der Waals surface area contributed by atoms with E-state index in [1.807, 2.05) is 48.5 Å². The van der Waals surface area contributed by atoms with Crippen LogP contribution in [0.2, 0.25) is 0 Å². The zero-order valence-electron chi connectivity index (χ0n) is 17.9. The molecule has 160 valence electrons. The molecule has 0 saturated carbocycles. The third kappa shape index (κ3) is 3.20. The molecule has 5 rings (SSSR count). The molecule has 1 heterocycles. The average molecular weight is 418 g/mol. The number of aliphatic hydroxyl groups excluding tert-OH is 1. The first-order valence-corrected chi connectivity index (χ1v) is 10.8. The van der Waals surface area contributed by atoms with Crippen LogP contribution in [-0.4, -0.2) is 36.2 Å². The summed E-state index contributed by atoms with van der Waals surface area (Å²) in [5.41, 5.74) is 2.24. The zero-order valence-corrected chi connectivity index (χ0v) is 17.9. The topological polar surface area (TPSA) is 71.7 Å². The summed E-state index contributed by atoms with van der Waals surface area (Å²) in [6.45, 7) is 5.35. The van der Waals surface area contributed by atoms with Crippen LogP contribution in [0.25, 0.3) is 11.0 Å². The normalized spacial score (nSPS) is 21.3. The lowest BCUT2D eigenvalue weighted by Gasteiger charge is -2.31. The monoisotopic (exact) mass is 417 g/mol. The van der Waals surface area contributed by atoms with Gasteiger partial charge in [-0.2, -0.15) is 0 Å². The third-order valence-corrected chi connectivity index (χ3v) is 6.62. The Hall–Kier alpha value is -2.89. The minimum absolute atomic E-state index is 0.000370. The summed E-state index contributed by atoms with van der Waals surface area (Å²) in [6.07, 6.45) is 6.02. The Morgan fingerprint density at radius 3 is 2.81 bits per heavy atom. The Morgan fingerprint density at radius 2 is 2.03 bits per heavy atom. The summed E-state index contributed by atoms with van der Waals surface area (Å²) >= 11 is 0. The fourth-order valence-corrected chi connectivity index (χ4v) is 4.83. The van der Waals surface area contributed by atoms with Gasteiger partial charge in [-0.15, -0.1) is 0 Å². The van der Waals surface area contributed by atoms with Crippen molar-refractivity contribution in [2.45, 2.75) is 37.6 Å². The van der Waals surface area contributed by atoms with Crippen molar-refractivity contribution in [3.8, 4) is 5.75 Å². The first-order chi connectivity index (χ1) is 15.0. The Morgan fingerprint density at radius 1 is 1.19 bits per heavy atom. The minimum atomic E-state index is -0.454. The van der Waals surface area contributed by atoms with Crippen LogP contribution in [0, 0.1) is 0 Å². The average Bonchev–Trinajstić information content (AvgIpc) is 3.41. The van der Waals surface area contributed by atoms with Gasteiger partial charge in [-0.05, 0) is 56.5 Å². The Labute approximate surface area is 181 Å². The molecule has 31 heavy (non-hydrogen) atoms. The van der Waals surface area contributed by atoms with Crippen molar-refractivity contribution < 1.29 is 19.1 Å². The van der Waals surface area contributed by atoms with Gasteiger partial charge in [0.2, 0.25) is 0 Å². The van der Waals surface area contributed by atoms with Crippen LogP contribution in [0.15, 0.2) is 59.0 Å². The molecular weight excluding hydrogens is 390 g/mol. The van der Waals surface area contributed by atoms with Crippen molar-refractivity contribution in [3.05, 3.63) is 77.1 Å². The highest BCUT2D eigenvalue weighted by Gasteiger charge is 2.41. The van der Waals surface area contributed by atoms with Gasteiger partial charge in [0.1, 0.15) is 23.7 Å². The number of allylic oxidation sites excluding steroid dienone is 1. The molecule has 0 spiro atoms. The number of fused-ring (bicyclic) bond motifs is 4. The maximum Gasteiger partial charge on any atom is 0.197 e. The van der Waals surface area contributed by atoms with E-state index in [1.54, 1.807) is 0 Å². The van der Waals surface area contributed by atoms with E-state index in [0.717, 1.165) is 35.1 Å². The third-order valence-electron chi connectivity index (χ3n) is 6.62. The van der Waals surface area contributed by atoms with Gasteiger partial charge >= 0.3 is 0 Å². The molecule has 0 amide bonds. The van der Waals surface area contributed by atoms with Gasteiger partial charge in [0, 0.05) is 22.9 Å². The molecule has 0 radical (unpaired) electrons. The highest BCUT2D eigenvalue weighted by Crippen LogP contribution is 2.46. The molecule has 3 aromatic rings. The number of rotatable bonds is 6. The van der Waals surface area contributed by atoms with Gasteiger partial charge in [0.05, 0.1) is 17.7 Å². The van der Waals surface area contributed by atoms with E-state index in [1.165, 1.54) is 0 Å². The van der Waals surface area contributed by atoms with Crippen LogP contribution in [0.4, 0.5) is 0 Å². The van der Waals surface area contributed by atoms with E-state index >= 15 is 0 Å². The number of para-hydroxylation sites is 1. The number of aliphatic hydroxyl groups is 1. The number of ketones is 1. The molecule has 0 bridgehead atoms. The Kier molecular flexibility index (Phi) is 4.76. The molecule has 0 aliphatic heterocycles. The van der Waals surface area contributed by atoms with Crippen LogP contribution in [0.5, 0.6) is 5.75 Å². The van der Waals surface area contributed by atoms with Gasteiger partial charge in [-0.25, -0.2) is 0 Å². The maximum absolute atomic E-state index is 13.3. The van der Waals surface area contributed by atoms with Crippen molar-refractivity contribution in [1.82, 2.24) is 5.32 Å². The van der Waals surface area contributed by atoms with Gasteiger partial charge in [0.25, 0.3) is 0 Å². The molecule has 5 heteroatoms. The smallest absolute Gasteiger partial charge is 0.197 e. The number of hydrogen-bond donors (Lipinski definition) is 2. The van der Waals surface area contributed by atoms with Gasteiger partial charge in [0.15, 0.2) is 5.78 Å². The number of carbonyl (C=O) groups excluding carboxylic acids is 1. The second-order valence-electron chi connectivity index (χ2n) is 8.99. The fourth-order valence-electron chi connectivity index (χ4n) is 4.83. The number of carbonyl (C=O) groups is 1. The van der Waals surface area contributed by atoms with Crippen LogP contribution in [0.3, 0.4) is 0 Å².